The Morgan fingerprint density at radius 2 is 1.86 bits per heavy atom. The molecular formula is C26H20BrClN2O4S. The quantitative estimate of drug-likeness (QED) is 0.321. The molecule has 6 nitrogen and oxygen atoms in total. The van der Waals surface area contributed by atoms with Crippen LogP contribution in [0.25, 0.3) is 6.08 Å². The predicted molar refractivity (Wildman–Crippen MR) is 142 cm³/mol. The van der Waals surface area contributed by atoms with Crippen LogP contribution in [0, 0.1) is 6.92 Å². The lowest BCUT2D eigenvalue weighted by Crippen LogP contribution is -2.27. The molecule has 1 N–H and O–H groups in total. The molecule has 0 aliphatic carbocycles. The van der Waals surface area contributed by atoms with Crippen molar-refractivity contribution >= 4 is 68.1 Å². The number of para-hydroxylation sites is 1. The summed E-state index contributed by atoms with van der Waals surface area (Å²) in [5.74, 6) is -0.310. The molecule has 9 heteroatoms. The highest BCUT2D eigenvalue weighted by Gasteiger charge is 2.35. The van der Waals surface area contributed by atoms with Crippen LogP contribution in [-0.2, 0) is 16.1 Å². The zero-order chi connectivity index (χ0) is 24.9. The highest BCUT2D eigenvalue weighted by Crippen LogP contribution is 2.35. The van der Waals surface area contributed by atoms with Crippen LogP contribution in [0.2, 0.25) is 5.02 Å². The maximum Gasteiger partial charge on any atom is 0.293 e. The molecule has 3 aromatic carbocycles. The number of aryl methyl sites for hydroxylation is 1. The van der Waals surface area contributed by atoms with E-state index in [1.807, 2.05) is 37.3 Å². The number of hydrogen-bond donors (Lipinski definition) is 1. The second-order valence-electron chi connectivity index (χ2n) is 7.70. The van der Waals surface area contributed by atoms with Gasteiger partial charge in [0.2, 0.25) is 0 Å². The lowest BCUT2D eigenvalue weighted by atomic mass is 10.1. The van der Waals surface area contributed by atoms with E-state index in [9.17, 15) is 14.4 Å². The molecule has 0 aromatic heterocycles. The molecule has 0 unspecified atom stereocenters. The highest BCUT2D eigenvalue weighted by atomic mass is 79.9. The van der Waals surface area contributed by atoms with Gasteiger partial charge in [-0.2, -0.15) is 0 Å². The van der Waals surface area contributed by atoms with Crippen molar-refractivity contribution in [1.29, 1.82) is 0 Å². The normalized spacial score (nSPS) is 14.5. The first kappa shape index (κ1) is 25.0. The summed E-state index contributed by atoms with van der Waals surface area (Å²) < 4.78 is 6.55. The van der Waals surface area contributed by atoms with Crippen LogP contribution in [0.1, 0.15) is 16.7 Å². The first-order chi connectivity index (χ1) is 16.8. The molecule has 178 valence electrons. The largest absolute Gasteiger partial charge is 0.483 e. The van der Waals surface area contributed by atoms with E-state index in [-0.39, 0.29) is 35.1 Å². The van der Waals surface area contributed by atoms with E-state index >= 15 is 0 Å². The van der Waals surface area contributed by atoms with Gasteiger partial charge in [0.05, 0.1) is 11.4 Å². The van der Waals surface area contributed by atoms with Gasteiger partial charge in [-0.3, -0.25) is 19.3 Å². The molecule has 1 aliphatic heterocycles. The molecule has 0 bridgehead atoms. The van der Waals surface area contributed by atoms with Crippen molar-refractivity contribution < 1.29 is 19.1 Å². The fourth-order valence-corrected chi connectivity index (χ4v) is 4.74. The van der Waals surface area contributed by atoms with Gasteiger partial charge in [0.1, 0.15) is 5.75 Å². The number of nitrogens with zero attached hydrogens (tertiary/aromatic N) is 1. The van der Waals surface area contributed by atoms with E-state index in [4.69, 9.17) is 16.3 Å². The first-order valence-corrected chi connectivity index (χ1v) is 12.6. The maximum absolute atomic E-state index is 13.0. The monoisotopic (exact) mass is 570 g/mol. The summed E-state index contributed by atoms with van der Waals surface area (Å²) in [6, 6.07) is 19.7. The zero-order valence-electron chi connectivity index (χ0n) is 18.6. The average molecular weight is 572 g/mol. The lowest BCUT2D eigenvalue weighted by Gasteiger charge is -2.13. The number of amides is 3. The van der Waals surface area contributed by atoms with E-state index in [1.165, 1.54) is 4.90 Å². The van der Waals surface area contributed by atoms with Gasteiger partial charge in [0.25, 0.3) is 17.1 Å². The first-order valence-electron chi connectivity index (χ1n) is 10.6. The second kappa shape index (κ2) is 11.1. The molecule has 1 saturated heterocycles. The van der Waals surface area contributed by atoms with Crippen LogP contribution in [0.4, 0.5) is 10.5 Å². The third-order valence-electron chi connectivity index (χ3n) is 5.18. The van der Waals surface area contributed by atoms with Crippen molar-refractivity contribution in [2.45, 2.75) is 13.5 Å². The third-order valence-corrected chi connectivity index (χ3v) is 7.27. The van der Waals surface area contributed by atoms with Crippen molar-refractivity contribution in [3.8, 4) is 5.75 Å². The topological polar surface area (TPSA) is 75.7 Å². The number of ether oxygens (including phenoxy) is 1. The summed E-state index contributed by atoms with van der Waals surface area (Å²) in [7, 11) is 0. The van der Waals surface area contributed by atoms with Gasteiger partial charge in [0.15, 0.2) is 6.61 Å². The maximum atomic E-state index is 13.0. The number of benzene rings is 3. The van der Waals surface area contributed by atoms with Gasteiger partial charge in [0, 0.05) is 20.7 Å². The number of rotatable bonds is 7. The van der Waals surface area contributed by atoms with Gasteiger partial charge in [-0.05, 0) is 60.2 Å². The number of carbonyl (C=O) groups is 3. The number of thioether (sulfide) groups is 1. The van der Waals surface area contributed by atoms with Crippen LogP contribution < -0.4 is 10.1 Å². The van der Waals surface area contributed by atoms with E-state index in [0.717, 1.165) is 27.4 Å². The molecule has 35 heavy (non-hydrogen) atoms. The second-order valence-corrected chi connectivity index (χ2v) is 9.95. The fraction of sp³-hybridized carbons (Fsp3) is 0.115. The van der Waals surface area contributed by atoms with Crippen molar-refractivity contribution in [3.05, 3.63) is 97.8 Å². The Morgan fingerprint density at radius 1 is 1.11 bits per heavy atom. The molecule has 3 aromatic rings. The molecule has 0 spiro atoms. The van der Waals surface area contributed by atoms with Crippen LogP contribution in [0.15, 0.2) is 76.1 Å². The molecule has 1 heterocycles. The summed E-state index contributed by atoms with van der Waals surface area (Å²) in [5, 5.41) is 2.96. The van der Waals surface area contributed by atoms with E-state index in [1.54, 1.807) is 42.5 Å². The zero-order valence-corrected chi connectivity index (χ0v) is 21.7. The number of imide groups is 1. The van der Waals surface area contributed by atoms with Crippen molar-refractivity contribution in [2.24, 2.45) is 0 Å². The summed E-state index contributed by atoms with van der Waals surface area (Å²) in [6.07, 6.45) is 1.61. The third kappa shape index (κ3) is 6.14. The minimum atomic E-state index is -0.375. The van der Waals surface area contributed by atoms with E-state index in [2.05, 4.69) is 21.2 Å². The van der Waals surface area contributed by atoms with Crippen LogP contribution in [0.3, 0.4) is 0 Å². The SMILES string of the molecule is Cc1ccc(NC(=O)COc2ccccc2/C=C2\SC(=O)N(Cc3ccccc3Br)C2=O)cc1Cl. The van der Waals surface area contributed by atoms with Gasteiger partial charge >= 0.3 is 0 Å². The molecule has 0 atom stereocenters. The summed E-state index contributed by atoms with van der Waals surface area (Å²) in [5.41, 5.74) is 2.91. The molecule has 3 amide bonds. The van der Waals surface area contributed by atoms with Gasteiger partial charge in [-0.15, -0.1) is 0 Å². The number of halogens is 2. The van der Waals surface area contributed by atoms with Crippen molar-refractivity contribution in [2.75, 3.05) is 11.9 Å². The summed E-state index contributed by atoms with van der Waals surface area (Å²) >= 11 is 10.4. The fourth-order valence-electron chi connectivity index (χ4n) is 3.32. The van der Waals surface area contributed by atoms with Crippen molar-refractivity contribution in [1.82, 2.24) is 4.90 Å². The lowest BCUT2D eigenvalue weighted by molar-refractivity contribution is -0.123. The standard InChI is InChI=1S/C26H20BrClN2O4S/c1-16-10-11-19(13-21(16)28)29-24(31)15-34-22-9-5-3-6-17(22)12-23-25(32)30(26(33)35-23)14-18-7-2-4-8-20(18)27/h2-13H,14-15H2,1H3,(H,29,31)/b23-12-. The van der Waals surface area contributed by atoms with E-state index < -0.39 is 0 Å². The van der Waals surface area contributed by atoms with Gasteiger partial charge < -0.3 is 10.1 Å². The number of nitrogens with one attached hydrogen (secondary N) is 1. The summed E-state index contributed by atoms with van der Waals surface area (Å²) in [6.45, 7) is 1.81. The Kier molecular flexibility index (Phi) is 7.95. The molecule has 1 fully saturated rings. The Morgan fingerprint density at radius 3 is 2.63 bits per heavy atom. The van der Waals surface area contributed by atoms with Gasteiger partial charge in [-0.1, -0.05) is 70.0 Å². The smallest absolute Gasteiger partial charge is 0.293 e. The van der Waals surface area contributed by atoms with Crippen LogP contribution >= 0.6 is 39.3 Å². The van der Waals surface area contributed by atoms with E-state index in [0.29, 0.717) is 22.0 Å². The van der Waals surface area contributed by atoms with Crippen LogP contribution in [-0.4, -0.2) is 28.6 Å². The molecule has 0 saturated carbocycles. The number of hydrogen-bond acceptors (Lipinski definition) is 5. The molecule has 0 radical (unpaired) electrons. The number of anilines is 1. The molecule has 1 aliphatic rings. The molecule has 4 rings (SSSR count). The Labute approximate surface area is 220 Å². The minimum Gasteiger partial charge on any atom is -0.483 e. The minimum absolute atomic E-state index is 0.171. The Balaban J connectivity index is 1.44. The molecular weight excluding hydrogens is 552 g/mol. The van der Waals surface area contributed by atoms with Gasteiger partial charge in [-0.25, -0.2) is 0 Å². The Bertz CT molecular complexity index is 1340. The predicted octanol–water partition coefficient (Wildman–Crippen LogP) is 6.66. The summed E-state index contributed by atoms with van der Waals surface area (Å²) in [4.78, 5) is 39.4. The average Bonchev–Trinajstić information content (AvgIpc) is 3.09. The number of carbonyl (C=O) groups excluding carboxylic acids is 3. The highest BCUT2D eigenvalue weighted by molar-refractivity contribution is 9.10. The van der Waals surface area contributed by atoms with Crippen molar-refractivity contribution in [3.63, 3.8) is 0 Å². The van der Waals surface area contributed by atoms with Crippen LogP contribution in [0.5, 0.6) is 5.75 Å². The Hall–Kier alpha value is -3.07.